The van der Waals surface area contributed by atoms with Gasteiger partial charge in [-0.3, -0.25) is 4.79 Å². The molecule has 19 heavy (non-hydrogen) atoms. The van der Waals surface area contributed by atoms with Gasteiger partial charge in [-0.05, 0) is 58.0 Å². The van der Waals surface area contributed by atoms with Gasteiger partial charge >= 0.3 is 0 Å². The van der Waals surface area contributed by atoms with Crippen molar-refractivity contribution >= 4 is 5.91 Å². The van der Waals surface area contributed by atoms with Crippen LogP contribution in [0.3, 0.4) is 0 Å². The molecule has 0 heterocycles. The lowest BCUT2D eigenvalue weighted by Gasteiger charge is -2.43. The third-order valence-electron chi connectivity index (χ3n) is 5.94. The van der Waals surface area contributed by atoms with E-state index in [-0.39, 0.29) is 5.54 Å². The zero-order chi connectivity index (χ0) is 13.5. The van der Waals surface area contributed by atoms with E-state index in [0.717, 1.165) is 31.2 Å². The van der Waals surface area contributed by atoms with E-state index in [1.807, 2.05) is 0 Å². The molecule has 3 nitrogen and oxygen atoms in total. The van der Waals surface area contributed by atoms with Crippen molar-refractivity contribution in [1.29, 1.82) is 0 Å². The van der Waals surface area contributed by atoms with Gasteiger partial charge in [0, 0.05) is 18.0 Å². The topological polar surface area (TPSA) is 32.3 Å². The molecule has 0 aromatic rings. The molecule has 3 fully saturated rings. The van der Waals surface area contributed by atoms with Crippen LogP contribution in [0.2, 0.25) is 0 Å². The minimum atomic E-state index is 0.218. The molecule has 0 saturated heterocycles. The van der Waals surface area contributed by atoms with Crippen molar-refractivity contribution < 1.29 is 4.79 Å². The second-order valence-corrected chi connectivity index (χ2v) is 7.32. The molecule has 1 N–H and O–H groups in total. The summed E-state index contributed by atoms with van der Waals surface area (Å²) < 4.78 is 0. The van der Waals surface area contributed by atoms with Crippen LogP contribution in [0.25, 0.3) is 0 Å². The third-order valence-corrected chi connectivity index (χ3v) is 5.94. The van der Waals surface area contributed by atoms with E-state index >= 15 is 0 Å². The highest BCUT2D eigenvalue weighted by Crippen LogP contribution is 2.54. The van der Waals surface area contributed by atoms with Crippen molar-refractivity contribution in [3.63, 3.8) is 0 Å². The molecule has 3 heteroatoms. The van der Waals surface area contributed by atoms with Gasteiger partial charge in [-0.1, -0.05) is 19.3 Å². The Hall–Kier alpha value is -0.570. The van der Waals surface area contributed by atoms with E-state index in [1.54, 1.807) is 0 Å². The molecule has 0 aromatic heterocycles. The van der Waals surface area contributed by atoms with Crippen LogP contribution in [-0.4, -0.2) is 37.0 Å². The van der Waals surface area contributed by atoms with Crippen molar-refractivity contribution in [1.82, 2.24) is 10.2 Å². The highest BCUT2D eigenvalue weighted by atomic mass is 16.1. The average Bonchev–Trinajstić information content (AvgIpc) is 3.03. The molecule has 3 saturated carbocycles. The zero-order valence-corrected chi connectivity index (χ0v) is 12.5. The van der Waals surface area contributed by atoms with Crippen LogP contribution >= 0.6 is 0 Å². The van der Waals surface area contributed by atoms with Gasteiger partial charge in [0.05, 0.1) is 0 Å². The highest BCUT2D eigenvalue weighted by molar-refractivity contribution is 5.79. The molecule has 3 aliphatic carbocycles. The van der Waals surface area contributed by atoms with Crippen LogP contribution in [-0.2, 0) is 4.79 Å². The number of likely N-dealkylation sites (N-methyl/N-ethyl adjacent to an activating group) is 1. The van der Waals surface area contributed by atoms with Crippen LogP contribution < -0.4 is 5.32 Å². The fourth-order valence-electron chi connectivity index (χ4n) is 4.32. The van der Waals surface area contributed by atoms with Gasteiger partial charge in [-0.15, -0.1) is 0 Å². The first-order valence-electron chi connectivity index (χ1n) is 8.06. The van der Waals surface area contributed by atoms with Gasteiger partial charge in [0.1, 0.15) is 0 Å². The molecule has 0 radical (unpaired) electrons. The summed E-state index contributed by atoms with van der Waals surface area (Å²) in [5, 5.41) is 3.28. The Kier molecular flexibility index (Phi) is 3.59. The number of fused-ring (bicyclic) bond motifs is 1. The minimum absolute atomic E-state index is 0.218. The van der Waals surface area contributed by atoms with Crippen molar-refractivity contribution in [2.75, 3.05) is 20.6 Å². The molecule has 1 amide bonds. The third kappa shape index (κ3) is 2.67. The van der Waals surface area contributed by atoms with Gasteiger partial charge < -0.3 is 10.2 Å². The summed E-state index contributed by atoms with van der Waals surface area (Å²) in [4.78, 5) is 14.6. The fraction of sp³-hybridized carbons (Fsp3) is 0.938. The first-order valence-corrected chi connectivity index (χ1v) is 8.06. The first kappa shape index (κ1) is 13.4. The van der Waals surface area contributed by atoms with Crippen LogP contribution in [0.1, 0.15) is 51.4 Å². The highest BCUT2D eigenvalue weighted by Gasteiger charge is 2.48. The lowest BCUT2D eigenvalue weighted by atomic mass is 9.80. The van der Waals surface area contributed by atoms with E-state index in [2.05, 4.69) is 24.3 Å². The summed E-state index contributed by atoms with van der Waals surface area (Å²) in [5.74, 6) is 2.45. The molecule has 0 spiro atoms. The summed E-state index contributed by atoms with van der Waals surface area (Å²) in [6.07, 6.45) is 10.1. The van der Waals surface area contributed by atoms with Gasteiger partial charge in [-0.25, -0.2) is 0 Å². The number of carbonyl (C=O) groups excluding carboxylic acids is 1. The Morgan fingerprint density at radius 3 is 2.32 bits per heavy atom. The molecule has 0 bridgehead atoms. The molecule has 2 unspecified atom stereocenters. The maximum Gasteiger partial charge on any atom is 0.223 e. The van der Waals surface area contributed by atoms with E-state index in [9.17, 15) is 4.79 Å². The molecule has 0 aromatic carbocycles. The minimum Gasteiger partial charge on any atom is -0.354 e. The smallest absolute Gasteiger partial charge is 0.223 e. The Bertz CT molecular complexity index is 337. The lowest BCUT2D eigenvalue weighted by molar-refractivity contribution is -0.125. The Morgan fingerprint density at radius 2 is 1.74 bits per heavy atom. The number of amides is 1. The van der Waals surface area contributed by atoms with Gasteiger partial charge in [0.25, 0.3) is 0 Å². The molecular formula is C16H28N2O. The molecule has 3 rings (SSSR count). The number of nitrogens with one attached hydrogen (secondary N) is 1. The SMILES string of the molecule is CN(C)C1(CNC(=O)C2CC3CC3C2)CCCCC1. The predicted octanol–water partition coefficient (Wildman–Crippen LogP) is 2.41. The van der Waals surface area contributed by atoms with Crippen LogP contribution in [0.4, 0.5) is 0 Å². The van der Waals surface area contributed by atoms with E-state index in [4.69, 9.17) is 0 Å². The maximum absolute atomic E-state index is 12.3. The number of rotatable bonds is 4. The zero-order valence-electron chi connectivity index (χ0n) is 12.5. The van der Waals surface area contributed by atoms with E-state index < -0.39 is 0 Å². The lowest BCUT2D eigenvalue weighted by Crippen LogP contribution is -2.54. The van der Waals surface area contributed by atoms with Gasteiger partial charge in [-0.2, -0.15) is 0 Å². The molecule has 0 aliphatic heterocycles. The van der Waals surface area contributed by atoms with Gasteiger partial charge in [0.15, 0.2) is 0 Å². The van der Waals surface area contributed by atoms with Crippen LogP contribution in [0.5, 0.6) is 0 Å². The van der Waals surface area contributed by atoms with Crippen molar-refractivity contribution in [2.24, 2.45) is 17.8 Å². The number of nitrogens with zero attached hydrogens (tertiary/aromatic N) is 1. The summed E-state index contributed by atoms with van der Waals surface area (Å²) in [6.45, 7) is 0.852. The summed E-state index contributed by atoms with van der Waals surface area (Å²) in [7, 11) is 4.34. The first-order chi connectivity index (χ1) is 9.11. The summed E-state index contributed by atoms with van der Waals surface area (Å²) in [6, 6.07) is 0. The van der Waals surface area contributed by atoms with Crippen LogP contribution in [0, 0.1) is 17.8 Å². The fourth-order valence-corrected chi connectivity index (χ4v) is 4.32. The number of carbonyl (C=O) groups is 1. The predicted molar refractivity (Wildman–Crippen MR) is 76.8 cm³/mol. The average molecular weight is 264 g/mol. The molecular weight excluding hydrogens is 236 g/mol. The quantitative estimate of drug-likeness (QED) is 0.845. The Balaban J connectivity index is 1.52. The van der Waals surface area contributed by atoms with Crippen molar-refractivity contribution in [3.05, 3.63) is 0 Å². The monoisotopic (exact) mass is 264 g/mol. The second kappa shape index (κ2) is 5.08. The molecule has 3 aliphatic rings. The standard InChI is InChI=1S/C16H28N2O/c1-18(2)16(6-4-3-5-7-16)11-17-15(19)14-9-12-8-13(12)10-14/h12-14H,3-11H2,1-2H3,(H,17,19). The second-order valence-electron chi connectivity index (χ2n) is 7.32. The van der Waals surface area contributed by atoms with Crippen molar-refractivity contribution in [3.8, 4) is 0 Å². The van der Waals surface area contributed by atoms with E-state index in [1.165, 1.54) is 38.5 Å². The summed E-state index contributed by atoms with van der Waals surface area (Å²) >= 11 is 0. The number of hydrogen-bond donors (Lipinski definition) is 1. The molecule has 108 valence electrons. The maximum atomic E-state index is 12.3. The largest absolute Gasteiger partial charge is 0.354 e. The van der Waals surface area contributed by atoms with E-state index in [0.29, 0.717) is 11.8 Å². The summed E-state index contributed by atoms with van der Waals surface area (Å²) in [5.41, 5.74) is 0.218. The number of hydrogen-bond acceptors (Lipinski definition) is 2. The Labute approximate surface area is 117 Å². The van der Waals surface area contributed by atoms with Crippen LogP contribution in [0.15, 0.2) is 0 Å². The van der Waals surface area contributed by atoms with Gasteiger partial charge in [0.2, 0.25) is 5.91 Å². The Morgan fingerprint density at radius 1 is 1.11 bits per heavy atom. The van der Waals surface area contributed by atoms with Crippen molar-refractivity contribution in [2.45, 2.75) is 56.9 Å². The molecule has 2 atom stereocenters. The normalized spacial score (nSPS) is 36.1.